The first-order valence-corrected chi connectivity index (χ1v) is 19.3. The topological polar surface area (TPSA) is 16.4 Å². The molecule has 2 aliphatic carbocycles. The minimum absolute atomic E-state index is 0.594. The van der Waals surface area contributed by atoms with E-state index in [1.165, 1.54) is 70.2 Å². The summed E-state index contributed by atoms with van der Waals surface area (Å²) in [4.78, 5) is 2.47. The molecule has 8 aromatic carbocycles. The number of rotatable bonds is 4. The number of para-hydroxylation sites is 1. The highest BCUT2D eigenvalue weighted by Crippen LogP contribution is 2.66. The van der Waals surface area contributed by atoms with E-state index in [4.69, 9.17) is 4.42 Å². The molecule has 0 saturated heterocycles. The number of benzene rings is 8. The van der Waals surface area contributed by atoms with Gasteiger partial charge in [0.15, 0.2) is 0 Å². The summed E-state index contributed by atoms with van der Waals surface area (Å²) >= 11 is 1.86. The highest BCUT2D eigenvalue weighted by atomic mass is 32.1. The van der Waals surface area contributed by atoms with Crippen LogP contribution >= 0.6 is 11.3 Å². The van der Waals surface area contributed by atoms with Crippen LogP contribution in [0.15, 0.2) is 192 Å². The average molecular weight is 706 g/mol. The molecule has 1 spiro atoms. The van der Waals surface area contributed by atoms with Gasteiger partial charge in [0, 0.05) is 48.1 Å². The van der Waals surface area contributed by atoms with Crippen LogP contribution in [0.4, 0.5) is 17.1 Å². The Morgan fingerprint density at radius 1 is 0.426 bits per heavy atom. The predicted molar refractivity (Wildman–Crippen MR) is 226 cm³/mol. The molecule has 0 aliphatic heterocycles. The molecule has 2 aliphatic rings. The van der Waals surface area contributed by atoms with E-state index in [-0.39, 0.29) is 0 Å². The maximum Gasteiger partial charge on any atom is 0.135 e. The zero-order valence-electron chi connectivity index (χ0n) is 29.2. The van der Waals surface area contributed by atoms with Gasteiger partial charge in [0.2, 0.25) is 0 Å². The molecule has 2 nitrogen and oxygen atoms in total. The van der Waals surface area contributed by atoms with Gasteiger partial charge in [0.05, 0.1) is 5.69 Å². The molecule has 252 valence electrons. The Kier molecular flexibility index (Phi) is 6.17. The first-order valence-electron chi connectivity index (χ1n) is 18.5. The van der Waals surface area contributed by atoms with Crippen LogP contribution in [0, 0.1) is 0 Å². The molecule has 2 heterocycles. The number of nitrogens with zero attached hydrogens (tertiary/aromatic N) is 1. The lowest BCUT2D eigenvalue weighted by Gasteiger charge is -2.30. The van der Waals surface area contributed by atoms with Crippen molar-refractivity contribution in [1.29, 1.82) is 0 Å². The van der Waals surface area contributed by atoms with Gasteiger partial charge in [-0.1, -0.05) is 140 Å². The Morgan fingerprint density at radius 2 is 1.04 bits per heavy atom. The van der Waals surface area contributed by atoms with E-state index in [9.17, 15) is 0 Å². The molecule has 0 saturated carbocycles. The molecular formula is C51H31NOS. The van der Waals surface area contributed by atoms with Crippen LogP contribution in [0.2, 0.25) is 0 Å². The fraction of sp³-hybridized carbons (Fsp3) is 0.0196. The van der Waals surface area contributed by atoms with E-state index >= 15 is 0 Å². The molecule has 0 fully saturated rings. The van der Waals surface area contributed by atoms with Gasteiger partial charge >= 0.3 is 0 Å². The molecule has 1 atom stereocenters. The van der Waals surface area contributed by atoms with Crippen LogP contribution in [0.5, 0.6) is 0 Å². The van der Waals surface area contributed by atoms with Crippen molar-refractivity contribution in [3.05, 3.63) is 211 Å². The SMILES string of the molecule is c1ccc(-c2ccc(N(c3ccc4sc5ccccc5c4c3)c3cccc4c3-c3ccccc3C43c4ccccc4-c4c3oc3ccccc43)cc2)cc1. The molecule has 10 aromatic rings. The lowest BCUT2D eigenvalue weighted by Crippen LogP contribution is -2.25. The Labute approximate surface area is 316 Å². The first kappa shape index (κ1) is 29.9. The van der Waals surface area contributed by atoms with Gasteiger partial charge in [-0.15, -0.1) is 11.3 Å². The van der Waals surface area contributed by atoms with E-state index < -0.39 is 5.41 Å². The Bertz CT molecular complexity index is 3120. The summed E-state index contributed by atoms with van der Waals surface area (Å²) in [5, 5.41) is 3.73. The lowest BCUT2D eigenvalue weighted by atomic mass is 9.73. The number of anilines is 3. The lowest BCUT2D eigenvalue weighted by molar-refractivity contribution is 0.507. The van der Waals surface area contributed by atoms with Crippen molar-refractivity contribution >= 4 is 59.5 Å². The number of furan rings is 1. The number of hydrogen-bond acceptors (Lipinski definition) is 3. The highest BCUT2D eigenvalue weighted by Gasteiger charge is 2.55. The average Bonchev–Trinajstić information content (AvgIpc) is 3.97. The van der Waals surface area contributed by atoms with Crippen molar-refractivity contribution in [2.45, 2.75) is 5.41 Å². The number of fused-ring (bicyclic) bond motifs is 15. The molecule has 2 aromatic heterocycles. The van der Waals surface area contributed by atoms with Crippen LogP contribution < -0.4 is 4.90 Å². The van der Waals surface area contributed by atoms with Crippen LogP contribution in [0.3, 0.4) is 0 Å². The second-order valence-electron chi connectivity index (χ2n) is 14.4. The Morgan fingerprint density at radius 3 is 1.85 bits per heavy atom. The third-order valence-corrected chi connectivity index (χ3v) is 12.8. The van der Waals surface area contributed by atoms with Crippen molar-refractivity contribution in [2.24, 2.45) is 0 Å². The molecule has 0 amide bonds. The van der Waals surface area contributed by atoms with Crippen molar-refractivity contribution in [3.63, 3.8) is 0 Å². The quantitative estimate of drug-likeness (QED) is 0.181. The fourth-order valence-electron chi connectivity index (χ4n) is 9.47. The van der Waals surface area contributed by atoms with Gasteiger partial charge in [0.1, 0.15) is 16.8 Å². The summed E-state index contributed by atoms with van der Waals surface area (Å²) in [6.45, 7) is 0. The summed E-state index contributed by atoms with van der Waals surface area (Å²) < 4.78 is 9.64. The second kappa shape index (κ2) is 11.2. The molecule has 0 radical (unpaired) electrons. The Balaban J connectivity index is 1.15. The minimum atomic E-state index is -0.594. The predicted octanol–water partition coefficient (Wildman–Crippen LogP) is 14.3. The van der Waals surface area contributed by atoms with E-state index in [2.05, 4.69) is 193 Å². The highest BCUT2D eigenvalue weighted by molar-refractivity contribution is 7.25. The van der Waals surface area contributed by atoms with Crippen LogP contribution in [0.25, 0.3) is 64.5 Å². The summed E-state index contributed by atoms with van der Waals surface area (Å²) in [6.07, 6.45) is 0. The third-order valence-electron chi connectivity index (χ3n) is 11.7. The zero-order chi connectivity index (χ0) is 35.4. The molecular weight excluding hydrogens is 675 g/mol. The van der Waals surface area contributed by atoms with Gasteiger partial charge in [-0.2, -0.15) is 0 Å². The van der Waals surface area contributed by atoms with Gasteiger partial charge in [-0.25, -0.2) is 0 Å². The third kappa shape index (κ3) is 3.94. The molecule has 54 heavy (non-hydrogen) atoms. The molecule has 3 heteroatoms. The van der Waals surface area contributed by atoms with E-state index in [1.807, 2.05) is 11.3 Å². The van der Waals surface area contributed by atoms with Crippen molar-refractivity contribution in [1.82, 2.24) is 0 Å². The van der Waals surface area contributed by atoms with Crippen molar-refractivity contribution < 1.29 is 4.42 Å². The summed E-state index contributed by atoms with van der Waals surface area (Å²) in [6, 6.07) is 68.7. The van der Waals surface area contributed by atoms with Crippen LogP contribution in [0.1, 0.15) is 22.5 Å². The van der Waals surface area contributed by atoms with Gasteiger partial charge < -0.3 is 9.32 Å². The van der Waals surface area contributed by atoms with Crippen molar-refractivity contribution in [2.75, 3.05) is 4.90 Å². The summed E-state index contributed by atoms with van der Waals surface area (Å²) in [7, 11) is 0. The van der Waals surface area contributed by atoms with Gasteiger partial charge in [0.25, 0.3) is 0 Å². The van der Waals surface area contributed by atoms with Crippen LogP contribution in [-0.4, -0.2) is 0 Å². The molecule has 0 bridgehead atoms. The van der Waals surface area contributed by atoms with E-state index in [0.717, 1.165) is 33.8 Å². The first-order chi connectivity index (χ1) is 26.8. The largest absolute Gasteiger partial charge is 0.459 e. The zero-order valence-corrected chi connectivity index (χ0v) is 30.0. The maximum absolute atomic E-state index is 7.04. The van der Waals surface area contributed by atoms with E-state index in [1.54, 1.807) is 0 Å². The second-order valence-corrected chi connectivity index (χ2v) is 15.5. The Hall–Kier alpha value is -6.68. The normalized spacial score (nSPS) is 15.1. The maximum atomic E-state index is 7.04. The van der Waals surface area contributed by atoms with Crippen molar-refractivity contribution in [3.8, 4) is 33.4 Å². The van der Waals surface area contributed by atoms with Crippen LogP contribution in [-0.2, 0) is 5.41 Å². The smallest absolute Gasteiger partial charge is 0.135 e. The molecule has 0 N–H and O–H groups in total. The van der Waals surface area contributed by atoms with E-state index in [0.29, 0.717) is 0 Å². The number of thiophene rings is 1. The fourth-order valence-corrected chi connectivity index (χ4v) is 10.6. The van der Waals surface area contributed by atoms with Gasteiger partial charge in [-0.3, -0.25) is 0 Å². The molecule has 1 unspecified atom stereocenters. The summed E-state index contributed by atoms with van der Waals surface area (Å²) in [5.74, 6) is 1.01. The molecule has 12 rings (SSSR count). The van der Waals surface area contributed by atoms with Gasteiger partial charge in [-0.05, 0) is 87.5 Å². The minimum Gasteiger partial charge on any atom is -0.459 e. The number of hydrogen-bond donors (Lipinski definition) is 0. The summed E-state index contributed by atoms with van der Waals surface area (Å²) in [5.41, 5.74) is 14.8. The monoisotopic (exact) mass is 705 g/mol. The standard InChI is InChI=1S/C51H31NOS/c1-2-13-32(14-3-1)33-25-27-34(28-26-33)52(35-29-30-47-40(31-35)36-15-7-11-24-46(36)54-47)44-22-12-21-43-49(44)38-17-5-9-20-42(38)51(43)41-19-8-4-16-37(41)48-39-18-6-10-23-45(39)53-50(48)51/h1-31H.